The number of aliphatic imine (C=N–C) groups is 1. The zero-order valence-corrected chi connectivity index (χ0v) is 11.1. The number of hydrogen-bond acceptors (Lipinski definition) is 3. The number of hydrogen-bond donors (Lipinski definition) is 0. The third-order valence-electron chi connectivity index (χ3n) is 2.81. The maximum absolute atomic E-state index is 11.9. The van der Waals surface area contributed by atoms with Crippen LogP contribution in [0.4, 0.5) is 0 Å². The van der Waals surface area contributed by atoms with E-state index in [0.29, 0.717) is 16.5 Å². The van der Waals surface area contributed by atoms with Gasteiger partial charge in [0.25, 0.3) is 5.91 Å². The average molecular weight is 268 g/mol. The van der Waals surface area contributed by atoms with Gasteiger partial charge in [-0.25, -0.2) is 4.98 Å². The predicted molar refractivity (Wildman–Crippen MR) is 69.4 cm³/mol. The maximum atomic E-state index is 11.9. The topological polar surface area (TPSA) is 54.8 Å². The number of rotatable bonds is 2. The largest absolute Gasteiger partial charge is 0.480 e. The van der Waals surface area contributed by atoms with Gasteiger partial charge in [0.2, 0.25) is 5.88 Å². The lowest BCUT2D eigenvalue weighted by atomic mass is 10.2. The van der Waals surface area contributed by atoms with Gasteiger partial charge in [0.1, 0.15) is 10.9 Å². The summed E-state index contributed by atoms with van der Waals surface area (Å²) in [5, 5.41) is 0.309. The molecule has 18 heavy (non-hydrogen) atoms. The van der Waals surface area contributed by atoms with Crippen LogP contribution in [0.1, 0.15) is 23.2 Å². The first-order valence-electron chi connectivity index (χ1n) is 5.64. The molecule has 0 aliphatic carbocycles. The molecule has 0 aromatic carbocycles. The van der Waals surface area contributed by atoms with E-state index in [0.717, 1.165) is 25.2 Å². The Bertz CT molecular complexity index is 502. The van der Waals surface area contributed by atoms with E-state index >= 15 is 0 Å². The minimum absolute atomic E-state index is 0.304. The number of pyridine rings is 1. The first-order valence-corrected chi connectivity index (χ1v) is 6.02. The van der Waals surface area contributed by atoms with Gasteiger partial charge < -0.3 is 9.64 Å². The number of amides is 1. The average Bonchev–Trinajstić information content (AvgIpc) is 2.75. The number of ether oxygens (including phenoxy) is 1. The highest BCUT2D eigenvalue weighted by Crippen LogP contribution is 2.22. The number of likely N-dealkylation sites (tertiary alicyclic amines) is 1. The molecule has 0 radical (unpaired) electrons. The Morgan fingerprint density at radius 2 is 2.39 bits per heavy atom. The number of carbonyl (C=O) groups excluding carboxylic acids is 1. The smallest absolute Gasteiger partial charge is 0.280 e. The molecule has 6 heteroatoms. The van der Waals surface area contributed by atoms with Crippen molar-refractivity contribution < 1.29 is 9.53 Å². The molecule has 2 heterocycles. The van der Waals surface area contributed by atoms with Crippen LogP contribution < -0.4 is 4.74 Å². The molecule has 1 aromatic rings. The quantitative estimate of drug-likeness (QED) is 0.822. The molecular formula is C12H14ClN3O2. The lowest BCUT2D eigenvalue weighted by Gasteiger charge is -2.10. The van der Waals surface area contributed by atoms with Gasteiger partial charge in [-0.3, -0.25) is 4.79 Å². The first-order chi connectivity index (χ1) is 8.61. The predicted octanol–water partition coefficient (Wildman–Crippen LogP) is 2.01. The minimum Gasteiger partial charge on any atom is -0.480 e. The Kier molecular flexibility index (Phi) is 3.81. The molecule has 1 aromatic heterocycles. The zero-order valence-electron chi connectivity index (χ0n) is 10.3. The fourth-order valence-corrected chi connectivity index (χ4v) is 2.05. The Morgan fingerprint density at radius 1 is 1.61 bits per heavy atom. The van der Waals surface area contributed by atoms with Gasteiger partial charge in [0.05, 0.1) is 12.7 Å². The fraction of sp³-hybridized carbons (Fsp3) is 0.417. The minimum atomic E-state index is -0.323. The molecule has 1 amide bonds. The molecule has 0 N–H and O–H groups in total. The standard InChI is InChI=1S/C12H14ClN3O2/c1-16-5-3-4-10(16)15-11(17)8-6-9(13)12(18-2)14-7-8/h6-7H,3-5H2,1-2H3. The molecule has 0 spiro atoms. The van der Waals surface area contributed by atoms with E-state index < -0.39 is 0 Å². The molecule has 96 valence electrons. The van der Waals surface area contributed by atoms with Crippen molar-refractivity contribution in [1.82, 2.24) is 9.88 Å². The van der Waals surface area contributed by atoms with Crippen LogP contribution in [0.15, 0.2) is 17.3 Å². The summed E-state index contributed by atoms with van der Waals surface area (Å²) in [5.41, 5.74) is 0.369. The summed E-state index contributed by atoms with van der Waals surface area (Å²) in [4.78, 5) is 22.0. The molecule has 0 unspecified atom stereocenters. The van der Waals surface area contributed by atoms with E-state index in [1.807, 2.05) is 11.9 Å². The van der Waals surface area contributed by atoms with E-state index in [4.69, 9.17) is 16.3 Å². The van der Waals surface area contributed by atoms with Crippen LogP contribution in [0.25, 0.3) is 0 Å². The number of amidine groups is 1. The van der Waals surface area contributed by atoms with Crippen LogP contribution in [0.2, 0.25) is 5.02 Å². The molecular weight excluding hydrogens is 254 g/mol. The molecule has 1 aliphatic rings. The summed E-state index contributed by atoms with van der Waals surface area (Å²) in [5.74, 6) is 0.793. The van der Waals surface area contributed by atoms with Crippen molar-refractivity contribution in [3.8, 4) is 5.88 Å². The van der Waals surface area contributed by atoms with Crippen LogP contribution in [0.5, 0.6) is 5.88 Å². The third kappa shape index (κ3) is 2.61. The van der Waals surface area contributed by atoms with Crippen LogP contribution in [-0.2, 0) is 0 Å². The number of halogens is 1. The van der Waals surface area contributed by atoms with Gasteiger partial charge in [0.15, 0.2) is 0 Å². The van der Waals surface area contributed by atoms with Gasteiger partial charge in [-0.05, 0) is 12.5 Å². The molecule has 0 bridgehead atoms. The lowest BCUT2D eigenvalue weighted by molar-refractivity contribution is 0.100. The Labute approximate surface area is 110 Å². The molecule has 5 nitrogen and oxygen atoms in total. The normalized spacial score (nSPS) is 17.3. The van der Waals surface area contributed by atoms with Crippen molar-refractivity contribution in [2.45, 2.75) is 12.8 Å². The second kappa shape index (κ2) is 5.35. The molecule has 1 saturated heterocycles. The molecule has 1 aliphatic heterocycles. The molecule has 2 rings (SSSR count). The maximum Gasteiger partial charge on any atom is 0.280 e. The van der Waals surface area contributed by atoms with E-state index in [1.165, 1.54) is 19.4 Å². The summed E-state index contributed by atoms with van der Waals surface area (Å²) in [7, 11) is 3.40. The van der Waals surface area contributed by atoms with Crippen molar-refractivity contribution in [2.24, 2.45) is 4.99 Å². The summed E-state index contributed by atoms with van der Waals surface area (Å²) < 4.78 is 4.93. The summed E-state index contributed by atoms with van der Waals surface area (Å²) >= 11 is 5.92. The number of carbonyl (C=O) groups is 1. The highest BCUT2D eigenvalue weighted by molar-refractivity contribution is 6.32. The molecule has 0 saturated carbocycles. The van der Waals surface area contributed by atoms with Crippen LogP contribution in [0.3, 0.4) is 0 Å². The van der Waals surface area contributed by atoms with Gasteiger partial charge in [-0.1, -0.05) is 11.6 Å². The van der Waals surface area contributed by atoms with Gasteiger partial charge in [-0.2, -0.15) is 4.99 Å². The fourth-order valence-electron chi connectivity index (χ4n) is 1.81. The summed E-state index contributed by atoms with van der Waals surface area (Å²) in [6.45, 7) is 0.938. The Balaban J connectivity index is 2.21. The van der Waals surface area contributed by atoms with Crippen molar-refractivity contribution in [2.75, 3.05) is 20.7 Å². The third-order valence-corrected chi connectivity index (χ3v) is 3.08. The van der Waals surface area contributed by atoms with Crippen molar-refractivity contribution in [3.05, 3.63) is 22.8 Å². The van der Waals surface area contributed by atoms with Crippen molar-refractivity contribution in [1.29, 1.82) is 0 Å². The number of aromatic nitrogens is 1. The SMILES string of the molecule is COc1ncc(C(=O)N=C2CCCN2C)cc1Cl. The van der Waals surface area contributed by atoms with Gasteiger partial charge in [-0.15, -0.1) is 0 Å². The second-order valence-electron chi connectivity index (χ2n) is 4.07. The van der Waals surface area contributed by atoms with E-state index in [2.05, 4.69) is 9.98 Å². The summed E-state index contributed by atoms with van der Waals surface area (Å²) in [6, 6.07) is 1.52. The summed E-state index contributed by atoms with van der Waals surface area (Å²) in [6.07, 6.45) is 3.29. The monoisotopic (exact) mass is 267 g/mol. The highest BCUT2D eigenvalue weighted by Gasteiger charge is 2.17. The Morgan fingerprint density at radius 3 is 2.94 bits per heavy atom. The Hall–Kier alpha value is -1.62. The van der Waals surface area contributed by atoms with E-state index in [9.17, 15) is 4.79 Å². The number of methoxy groups -OCH3 is 1. The van der Waals surface area contributed by atoms with Crippen LogP contribution in [-0.4, -0.2) is 42.3 Å². The number of nitrogens with zero attached hydrogens (tertiary/aromatic N) is 3. The van der Waals surface area contributed by atoms with Gasteiger partial charge in [0, 0.05) is 26.2 Å². The molecule has 1 fully saturated rings. The zero-order chi connectivity index (χ0) is 13.1. The van der Waals surface area contributed by atoms with Crippen molar-refractivity contribution in [3.63, 3.8) is 0 Å². The highest BCUT2D eigenvalue weighted by atomic mass is 35.5. The van der Waals surface area contributed by atoms with Crippen molar-refractivity contribution >= 4 is 23.3 Å². The lowest BCUT2D eigenvalue weighted by Crippen LogP contribution is -2.20. The van der Waals surface area contributed by atoms with Gasteiger partial charge >= 0.3 is 0 Å². The van der Waals surface area contributed by atoms with E-state index in [1.54, 1.807) is 0 Å². The molecule has 0 atom stereocenters. The second-order valence-corrected chi connectivity index (χ2v) is 4.48. The first kappa shape index (κ1) is 12.8. The van der Waals surface area contributed by atoms with Crippen LogP contribution >= 0.6 is 11.6 Å². The van der Waals surface area contributed by atoms with Crippen LogP contribution in [0, 0.1) is 0 Å². The van der Waals surface area contributed by atoms with E-state index in [-0.39, 0.29) is 5.91 Å².